The molecule has 4 aromatic rings. The number of carbonyl (C=O) groups excluding carboxylic acids is 1. The van der Waals surface area contributed by atoms with Gasteiger partial charge < -0.3 is 5.32 Å². The van der Waals surface area contributed by atoms with Gasteiger partial charge in [-0.25, -0.2) is 4.52 Å². The van der Waals surface area contributed by atoms with E-state index in [4.69, 9.17) is 0 Å². The quantitative estimate of drug-likeness (QED) is 0.575. The minimum absolute atomic E-state index is 0.224. The van der Waals surface area contributed by atoms with Crippen LogP contribution in [0.2, 0.25) is 0 Å². The van der Waals surface area contributed by atoms with Gasteiger partial charge in [0.1, 0.15) is 0 Å². The van der Waals surface area contributed by atoms with E-state index < -0.39 is 0 Å². The first kappa shape index (κ1) is 12.4. The van der Waals surface area contributed by atoms with Crippen molar-refractivity contribution in [3.63, 3.8) is 0 Å². The molecule has 108 valence electrons. The Balaban J connectivity index is 1.54. The number of fused-ring (bicyclic) bond motifs is 2. The molecule has 0 spiro atoms. The smallest absolute Gasteiger partial charge is 0.251 e. The van der Waals surface area contributed by atoms with Gasteiger partial charge in [0.2, 0.25) is 0 Å². The molecular formula is C13H10N8O. The van der Waals surface area contributed by atoms with Gasteiger partial charge in [-0.05, 0) is 34.7 Å². The summed E-state index contributed by atoms with van der Waals surface area (Å²) in [4.78, 5) is 12.2. The summed E-state index contributed by atoms with van der Waals surface area (Å²) in [6.45, 7) is 0.278. The van der Waals surface area contributed by atoms with E-state index in [1.807, 2.05) is 28.8 Å². The molecule has 9 heteroatoms. The molecule has 0 aliphatic carbocycles. The molecule has 0 aliphatic heterocycles. The molecule has 0 saturated heterocycles. The third-order valence-corrected chi connectivity index (χ3v) is 3.25. The molecule has 0 bridgehead atoms. The van der Waals surface area contributed by atoms with Crippen molar-refractivity contribution in [3.05, 3.63) is 54.1 Å². The Kier molecular flexibility index (Phi) is 2.75. The van der Waals surface area contributed by atoms with Crippen LogP contribution in [0.15, 0.2) is 42.7 Å². The van der Waals surface area contributed by atoms with Crippen LogP contribution in [0.4, 0.5) is 0 Å². The van der Waals surface area contributed by atoms with Gasteiger partial charge in [0, 0.05) is 18.0 Å². The molecule has 0 atom stereocenters. The van der Waals surface area contributed by atoms with Crippen LogP contribution in [-0.4, -0.2) is 40.5 Å². The number of carbonyl (C=O) groups is 1. The lowest BCUT2D eigenvalue weighted by molar-refractivity contribution is 0.0949. The highest BCUT2D eigenvalue weighted by molar-refractivity contribution is 5.94. The molecule has 4 heterocycles. The number of amides is 1. The Hall–Kier alpha value is -3.36. The van der Waals surface area contributed by atoms with Crippen LogP contribution < -0.4 is 5.32 Å². The molecule has 0 aromatic carbocycles. The van der Waals surface area contributed by atoms with Crippen LogP contribution in [0.1, 0.15) is 16.2 Å². The standard InChI is InChI=1S/C13H10N8O/c22-13(9-4-6-21-11(7-9)17-18-19-21)14-8-12-16-15-10-3-1-2-5-20(10)12/h1-7H,8H2,(H,14,22). The average Bonchev–Trinajstić information content (AvgIpc) is 3.18. The van der Waals surface area contributed by atoms with Crippen molar-refractivity contribution in [1.29, 1.82) is 0 Å². The number of pyridine rings is 2. The molecule has 1 N–H and O–H groups in total. The SMILES string of the molecule is O=C(NCc1nnc2ccccn12)c1ccn2nnnc2c1. The molecule has 0 fully saturated rings. The second-order valence-electron chi connectivity index (χ2n) is 4.62. The zero-order chi connectivity index (χ0) is 14.9. The van der Waals surface area contributed by atoms with E-state index in [-0.39, 0.29) is 12.5 Å². The fraction of sp³-hybridized carbons (Fsp3) is 0.0769. The molecule has 9 nitrogen and oxygen atoms in total. The van der Waals surface area contributed by atoms with E-state index in [1.54, 1.807) is 18.3 Å². The summed E-state index contributed by atoms with van der Waals surface area (Å²) in [5.74, 6) is 0.437. The monoisotopic (exact) mass is 294 g/mol. The fourth-order valence-corrected chi connectivity index (χ4v) is 2.15. The summed E-state index contributed by atoms with van der Waals surface area (Å²) in [5.41, 5.74) is 1.74. The molecule has 0 aliphatic rings. The van der Waals surface area contributed by atoms with Crippen molar-refractivity contribution < 1.29 is 4.79 Å². The third kappa shape index (κ3) is 2.04. The minimum atomic E-state index is -0.224. The Morgan fingerprint density at radius 3 is 3.00 bits per heavy atom. The van der Waals surface area contributed by atoms with Gasteiger partial charge in [-0.3, -0.25) is 9.20 Å². The summed E-state index contributed by atoms with van der Waals surface area (Å²) >= 11 is 0. The van der Waals surface area contributed by atoms with Gasteiger partial charge in [0.05, 0.1) is 6.54 Å². The summed E-state index contributed by atoms with van der Waals surface area (Å²) in [5, 5.41) is 22.0. The van der Waals surface area contributed by atoms with Crippen molar-refractivity contribution in [1.82, 2.24) is 40.0 Å². The average molecular weight is 294 g/mol. The van der Waals surface area contributed by atoms with Crippen molar-refractivity contribution in [2.45, 2.75) is 6.54 Å². The molecular weight excluding hydrogens is 284 g/mol. The summed E-state index contributed by atoms with van der Waals surface area (Å²) in [6.07, 6.45) is 3.49. The highest BCUT2D eigenvalue weighted by Crippen LogP contribution is 2.05. The molecule has 1 amide bonds. The lowest BCUT2D eigenvalue weighted by Crippen LogP contribution is -2.24. The van der Waals surface area contributed by atoms with Gasteiger partial charge in [-0.1, -0.05) is 6.07 Å². The molecule has 22 heavy (non-hydrogen) atoms. The molecule has 0 saturated carbocycles. The van der Waals surface area contributed by atoms with Crippen LogP contribution in [0, 0.1) is 0 Å². The maximum atomic E-state index is 12.2. The first-order valence-corrected chi connectivity index (χ1v) is 6.56. The van der Waals surface area contributed by atoms with Crippen LogP contribution in [-0.2, 0) is 6.54 Å². The van der Waals surface area contributed by atoms with E-state index in [1.165, 1.54) is 4.52 Å². The third-order valence-electron chi connectivity index (χ3n) is 3.25. The number of hydrogen-bond acceptors (Lipinski definition) is 6. The highest BCUT2D eigenvalue weighted by Gasteiger charge is 2.10. The topological polar surface area (TPSA) is 102 Å². The lowest BCUT2D eigenvalue weighted by atomic mass is 10.2. The Morgan fingerprint density at radius 1 is 1.09 bits per heavy atom. The van der Waals surface area contributed by atoms with Gasteiger partial charge >= 0.3 is 0 Å². The maximum absolute atomic E-state index is 12.2. The number of tetrazole rings is 1. The first-order chi connectivity index (χ1) is 10.8. The fourth-order valence-electron chi connectivity index (χ4n) is 2.15. The number of nitrogens with zero attached hydrogens (tertiary/aromatic N) is 7. The van der Waals surface area contributed by atoms with Gasteiger partial charge in [0.25, 0.3) is 5.91 Å². The zero-order valence-electron chi connectivity index (χ0n) is 11.3. The lowest BCUT2D eigenvalue weighted by Gasteiger charge is -2.04. The van der Waals surface area contributed by atoms with Crippen LogP contribution in [0.5, 0.6) is 0 Å². The van der Waals surface area contributed by atoms with Crippen molar-refractivity contribution in [2.75, 3.05) is 0 Å². The number of aromatic nitrogens is 7. The molecule has 4 rings (SSSR count). The van der Waals surface area contributed by atoms with E-state index in [0.29, 0.717) is 17.0 Å². The number of hydrogen-bond donors (Lipinski definition) is 1. The number of nitrogens with one attached hydrogen (secondary N) is 1. The molecule has 0 radical (unpaired) electrons. The van der Waals surface area contributed by atoms with Crippen LogP contribution >= 0.6 is 0 Å². The van der Waals surface area contributed by atoms with Crippen molar-refractivity contribution >= 4 is 17.2 Å². The summed E-state index contributed by atoms with van der Waals surface area (Å²) in [6, 6.07) is 8.89. The summed E-state index contributed by atoms with van der Waals surface area (Å²) < 4.78 is 3.31. The van der Waals surface area contributed by atoms with E-state index in [2.05, 4.69) is 31.0 Å². The van der Waals surface area contributed by atoms with Gasteiger partial charge in [-0.15, -0.1) is 15.3 Å². The van der Waals surface area contributed by atoms with Crippen molar-refractivity contribution in [2.24, 2.45) is 0 Å². The van der Waals surface area contributed by atoms with Crippen LogP contribution in [0.3, 0.4) is 0 Å². The first-order valence-electron chi connectivity index (χ1n) is 6.56. The second-order valence-corrected chi connectivity index (χ2v) is 4.62. The Bertz CT molecular complexity index is 972. The summed E-state index contributed by atoms with van der Waals surface area (Å²) in [7, 11) is 0. The predicted molar refractivity (Wildman–Crippen MR) is 74.9 cm³/mol. The minimum Gasteiger partial charge on any atom is -0.345 e. The Morgan fingerprint density at radius 2 is 2.05 bits per heavy atom. The number of rotatable bonds is 3. The van der Waals surface area contributed by atoms with E-state index in [9.17, 15) is 4.79 Å². The molecule has 4 aromatic heterocycles. The van der Waals surface area contributed by atoms with Gasteiger partial charge in [-0.2, -0.15) is 0 Å². The normalized spacial score (nSPS) is 11.1. The molecule has 0 unspecified atom stereocenters. The predicted octanol–water partition coefficient (Wildman–Crippen LogP) is 0.0970. The van der Waals surface area contributed by atoms with Crippen LogP contribution in [0.25, 0.3) is 11.3 Å². The zero-order valence-corrected chi connectivity index (χ0v) is 11.3. The van der Waals surface area contributed by atoms with E-state index in [0.717, 1.165) is 5.65 Å². The Labute approximate surface area is 123 Å². The van der Waals surface area contributed by atoms with Gasteiger partial charge in [0.15, 0.2) is 17.1 Å². The largest absolute Gasteiger partial charge is 0.345 e. The maximum Gasteiger partial charge on any atom is 0.251 e. The van der Waals surface area contributed by atoms with E-state index >= 15 is 0 Å². The van der Waals surface area contributed by atoms with Crippen molar-refractivity contribution in [3.8, 4) is 0 Å². The second kappa shape index (κ2) is 4.88. The highest BCUT2D eigenvalue weighted by atomic mass is 16.1.